The van der Waals surface area contributed by atoms with Crippen molar-refractivity contribution < 1.29 is 31.5 Å². The Hall–Kier alpha value is -2.67. The summed E-state index contributed by atoms with van der Waals surface area (Å²) in [6.07, 6.45) is 0.369. The van der Waals surface area contributed by atoms with Crippen molar-refractivity contribution >= 4 is 31.6 Å². The number of hydrogen-bond donors (Lipinski definition) is 2. The molecule has 0 fully saturated rings. The molecule has 198 valence electrons. The molecule has 1 heterocycles. The van der Waals surface area contributed by atoms with E-state index in [-0.39, 0.29) is 47.5 Å². The minimum atomic E-state index is -3.79. The molecule has 2 aromatic rings. The van der Waals surface area contributed by atoms with E-state index in [9.17, 15) is 26.7 Å². The Morgan fingerprint density at radius 1 is 1.17 bits per heavy atom. The number of fused-ring (bicyclic) bond motifs is 1. The van der Waals surface area contributed by atoms with Gasteiger partial charge in [-0.05, 0) is 44.2 Å². The van der Waals surface area contributed by atoms with Crippen LogP contribution in [0.3, 0.4) is 0 Å². The summed E-state index contributed by atoms with van der Waals surface area (Å²) in [6, 6.07) is 10.4. The van der Waals surface area contributed by atoms with Gasteiger partial charge in [0.15, 0.2) is 0 Å². The minimum Gasteiger partial charge on any atom is -0.488 e. The molecule has 1 aliphatic heterocycles. The highest BCUT2D eigenvalue weighted by Crippen LogP contribution is 2.31. The second kappa shape index (κ2) is 10.8. The van der Waals surface area contributed by atoms with Crippen LogP contribution in [0.4, 0.5) is 5.69 Å². The summed E-state index contributed by atoms with van der Waals surface area (Å²) >= 11 is 0. The van der Waals surface area contributed by atoms with Crippen molar-refractivity contribution in [2.45, 2.75) is 37.8 Å². The molecule has 1 amide bonds. The summed E-state index contributed by atoms with van der Waals surface area (Å²) in [6.45, 7) is 5.37. The molecule has 10 nitrogen and oxygen atoms in total. The smallest absolute Gasteiger partial charge is 0.258 e. The first-order valence-corrected chi connectivity index (χ1v) is 14.8. The summed E-state index contributed by atoms with van der Waals surface area (Å²) in [5.74, 6) is -0.512. The van der Waals surface area contributed by atoms with Crippen molar-refractivity contribution in [2.24, 2.45) is 5.92 Å². The van der Waals surface area contributed by atoms with Crippen LogP contribution in [0.1, 0.15) is 29.8 Å². The molecule has 0 spiro atoms. The number of aliphatic hydroxyl groups is 1. The van der Waals surface area contributed by atoms with Crippen molar-refractivity contribution in [3.05, 3.63) is 53.6 Å². The Balaban J connectivity index is 1.99. The largest absolute Gasteiger partial charge is 0.488 e. The summed E-state index contributed by atoms with van der Waals surface area (Å²) in [4.78, 5) is 15.1. The zero-order valence-electron chi connectivity index (χ0n) is 21.0. The number of carbonyl (C=O) groups excluding carboxylic acids is 1. The van der Waals surface area contributed by atoms with E-state index in [1.807, 2.05) is 13.8 Å². The van der Waals surface area contributed by atoms with Gasteiger partial charge in [0.2, 0.25) is 20.0 Å². The number of nitrogens with zero attached hydrogens (tertiary/aromatic N) is 2. The van der Waals surface area contributed by atoms with Crippen LogP contribution >= 0.6 is 0 Å². The van der Waals surface area contributed by atoms with Gasteiger partial charge < -0.3 is 14.7 Å². The minimum absolute atomic E-state index is 0.00962. The molecule has 0 radical (unpaired) electrons. The van der Waals surface area contributed by atoms with Crippen LogP contribution in [0, 0.1) is 12.8 Å². The number of ether oxygens (including phenoxy) is 1. The maximum atomic E-state index is 13.4. The average Bonchev–Trinajstić information content (AvgIpc) is 2.80. The van der Waals surface area contributed by atoms with E-state index in [4.69, 9.17) is 4.74 Å². The van der Waals surface area contributed by atoms with Crippen molar-refractivity contribution in [1.29, 1.82) is 0 Å². The highest BCUT2D eigenvalue weighted by molar-refractivity contribution is 7.92. The first-order valence-electron chi connectivity index (χ1n) is 11.5. The predicted octanol–water partition coefficient (Wildman–Crippen LogP) is 1.91. The third-order valence-electron chi connectivity index (χ3n) is 6.13. The topological polar surface area (TPSA) is 133 Å². The van der Waals surface area contributed by atoms with E-state index in [2.05, 4.69) is 4.72 Å². The molecule has 0 saturated carbocycles. The van der Waals surface area contributed by atoms with Gasteiger partial charge >= 0.3 is 0 Å². The number of anilines is 1. The molecule has 12 heteroatoms. The van der Waals surface area contributed by atoms with Crippen molar-refractivity contribution in [1.82, 2.24) is 9.21 Å². The van der Waals surface area contributed by atoms with Crippen LogP contribution in [-0.4, -0.2) is 82.2 Å². The molecule has 0 bridgehead atoms. The number of aryl methyl sites for hydroxylation is 1. The lowest BCUT2D eigenvalue weighted by Crippen LogP contribution is -2.50. The van der Waals surface area contributed by atoms with Crippen LogP contribution < -0.4 is 9.46 Å². The third kappa shape index (κ3) is 6.36. The molecule has 3 rings (SSSR count). The third-order valence-corrected chi connectivity index (χ3v) is 8.58. The number of benzene rings is 2. The predicted molar refractivity (Wildman–Crippen MR) is 137 cm³/mol. The monoisotopic (exact) mass is 539 g/mol. The number of likely N-dealkylation sites (N-methyl/N-ethyl adjacent to an activating group) is 1. The van der Waals surface area contributed by atoms with E-state index in [0.29, 0.717) is 0 Å². The molecule has 1 aliphatic rings. The first-order chi connectivity index (χ1) is 16.7. The number of carbonyl (C=O) groups is 1. The average molecular weight is 540 g/mol. The van der Waals surface area contributed by atoms with Gasteiger partial charge in [0.1, 0.15) is 11.9 Å². The Kier molecular flexibility index (Phi) is 8.33. The summed E-state index contributed by atoms with van der Waals surface area (Å²) in [7, 11) is -5.90. The maximum absolute atomic E-state index is 13.4. The lowest BCUT2D eigenvalue weighted by Gasteiger charge is -2.38. The molecule has 0 unspecified atom stereocenters. The maximum Gasteiger partial charge on any atom is 0.258 e. The quantitative estimate of drug-likeness (QED) is 0.523. The van der Waals surface area contributed by atoms with Crippen molar-refractivity contribution in [3.8, 4) is 5.75 Å². The zero-order valence-corrected chi connectivity index (χ0v) is 22.6. The zero-order chi connectivity index (χ0) is 26.8. The van der Waals surface area contributed by atoms with Crippen LogP contribution in [0.2, 0.25) is 0 Å². The molecular weight excluding hydrogens is 506 g/mol. The molecular formula is C24H33N3O7S2. The second-order valence-electron chi connectivity index (χ2n) is 9.31. The van der Waals surface area contributed by atoms with Gasteiger partial charge in [-0.15, -0.1) is 0 Å². The molecule has 2 aromatic carbocycles. The Bertz CT molecular complexity index is 1310. The Morgan fingerprint density at radius 3 is 2.39 bits per heavy atom. The van der Waals surface area contributed by atoms with Crippen LogP contribution in [0.25, 0.3) is 0 Å². The fraction of sp³-hybridized carbons (Fsp3) is 0.458. The van der Waals surface area contributed by atoms with Crippen LogP contribution in [-0.2, 0) is 20.0 Å². The molecule has 2 N–H and O–H groups in total. The number of sulfonamides is 2. The van der Waals surface area contributed by atoms with E-state index in [0.717, 1.165) is 11.8 Å². The van der Waals surface area contributed by atoms with Crippen LogP contribution in [0.5, 0.6) is 5.75 Å². The standard InChI is InChI=1S/C24H33N3O7S2/c1-16-6-9-20(10-7-16)36(32,33)26(4)14-23-17(2)13-27(18(3)15-28)24(29)21-12-19(25-35(5,30)31)8-11-22(21)34-23/h6-12,17-18,23,25,28H,13-15H2,1-5H3/t17-,18-,23-/m0/s1. The van der Waals surface area contributed by atoms with E-state index in [1.54, 1.807) is 31.2 Å². The fourth-order valence-corrected chi connectivity index (χ4v) is 5.70. The van der Waals surface area contributed by atoms with E-state index >= 15 is 0 Å². The molecule has 36 heavy (non-hydrogen) atoms. The van der Waals surface area contributed by atoms with Gasteiger partial charge in [-0.25, -0.2) is 16.8 Å². The summed E-state index contributed by atoms with van der Waals surface area (Å²) < 4.78 is 59.5. The number of hydrogen-bond acceptors (Lipinski definition) is 7. The van der Waals surface area contributed by atoms with E-state index < -0.39 is 38.1 Å². The van der Waals surface area contributed by atoms with Crippen molar-refractivity contribution in [2.75, 3.05) is 37.7 Å². The molecule has 0 saturated heterocycles. The Morgan fingerprint density at radius 2 is 1.81 bits per heavy atom. The van der Waals surface area contributed by atoms with Crippen molar-refractivity contribution in [3.63, 3.8) is 0 Å². The molecule has 0 aliphatic carbocycles. The lowest BCUT2D eigenvalue weighted by atomic mass is 9.99. The summed E-state index contributed by atoms with van der Waals surface area (Å²) in [5, 5.41) is 9.77. The van der Waals surface area contributed by atoms with Gasteiger partial charge in [-0.1, -0.05) is 24.6 Å². The highest BCUT2D eigenvalue weighted by atomic mass is 32.2. The number of rotatable bonds is 8. The van der Waals surface area contributed by atoms with E-state index in [1.165, 1.54) is 34.5 Å². The normalized spacial score (nSPS) is 19.8. The van der Waals surface area contributed by atoms with Gasteiger partial charge in [0.05, 0.1) is 35.9 Å². The van der Waals surface area contributed by atoms with Gasteiger partial charge in [0.25, 0.3) is 5.91 Å². The van der Waals surface area contributed by atoms with Crippen LogP contribution in [0.15, 0.2) is 47.4 Å². The van der Waals surface area contributed by atoms with Gasteiger partial charge in [0, 0.05) is 25.2 Å². The first kappa shape index (κ1) is 27.9. The molecule has 0 aromatic heterocycles. The number of amides is 1. The highest BCUT2D eigenvalue weighted by Gasteiger charge is 2.35. The Labute approximate surface area is 213 Å². The SMILES string of the molecule is Cc1ccc(S(=O)(=O)N(C)C[C@@H]2Oc3ccc(NS(C)(=O)=O)cc3C(=O)N([C@@H](C)CO)C[C@@H]2C)cc1. The number of aliphatic hydroxyl groups excluding tert-OH is 1. The summed E-state index contributed by atoms with van der Waals surface area (Å²) in [5.41, 5.74) is 1.25. The number of nitrogens with one attached hydrogen (secondary N) is 1. The molecule has 3 atom stereocenters. The lowest BCUT2D eigenvalue weighted by molar-refractivity contribution is 0.0387. The second-order valence-corrected chi connectivity index (χ2v) is 13.1. The fourth-order valence-electron chi connectivity index (χ4n) is 3.96. The van der Waals surface area contributed by atoms with Gasteiger partial charge in [-0.3, -0.25) is 9.52 Å². The van der Waals surface area contributed by atoms with Gasteiger partial charge in [-0.2, -0.15) is 4.31 Å².